The van der Waals surface area contributed by atoms with Crippen molar-refractivity contribution in [1.29, 1.82) is 0 Å². The first kappa shape index (κ1) is 22.7. The molecule has 0 saturated heterocycles. The number of aliphatic carboxylic acids is 1. The summed E-state index contributed by atoms with van der Waals surface area (Å²) in [5, 5.41) is 13.6. The predicted molar refractivity (Wildman–Crippen MR) is 122 cm³/mol. The van der Waals surface area contributed by atoms with E-state index in [0.29, 0.717) is 16.1 Å². The van der Waals surface area contributed by atoms with Gasteiger partial charge in [-0.05, 0) is 35.9 Å². The highest BCUT2D eigenvalue weighted by atomic mass is 32.2. The van der Waals surface area contributed by atoms with E-state index in [1.807, 2.05) is 0 Å². The highest BCUT2D eigenvalue weighted by molar-refractivity contribution is 7.85. The molecule has 9 heteroatoms. The molecule has 8 nitrogen and oxygen atoms in total. The predicted octanol–water partition coefficient (Wildman–Crippen LogP) is 3.75. The number of nitrogens with one attached hydrogen (secondary N) is 2. The average Bonchev–Trinajstić information content (AvgIpc) is 2.77. The molecule has 0 heterocycles. The minimum Gasteiger partial charge on any atom is -0.481 e. The Morgan fingerprint density at radius 2 is 1.59 bits per heavy atom. The number of amides is 3. The smallest absolute Gasteiger partial charge is 0.316 e. The van der Waals surface area contributed by atoms with Gasteiger partial charge in [0.05, 0.1) is 33.7 Å². The fraction of sp³-hybridized carbons (Fsp3) is 0.0870. The SMILES string of the molecule is NC(=O)Nc1ccccc1C(=O)Nc1cccc(S(=O)C(CC(=O)O)c2ccccc2)c1. The monoisotopic (exact) mass is 451 g/mol. The van der Waals surface area contributed by atoms with Gasteiger partial charge >= 0.3 is 12.0 Å². The van der Waals surface area contributed by atoms with Crippen molar-refractivity contribution in [2.24, 2.45) is 5.73 Å². The number of para-hydroxylation sites is 1. The Balaban J connectivity index is 1.85. The molecule has 0 fully saturated rings. The summed E-state index contributed by atoms with van der Waals surface area (Å²) in [7, 11) is -1.68. The normalized spacial score (nSPS) is 12.4. The number of urea groups is 1. The molecule has 5 N–H and O–H groups in total. The Hall–Kier alpha value is -3.98. The summed E-state index contributed by atoms with van der Waals surface area (Å²) in [5.41, 5.74) is 6.62. The van der Waals surface area contributed by atoms with Crippen LogP contribution in [0, 0.1) is 0 Å². The van der Waals surface area contributed by atoms with Gasteiger partial charge in [0.25, 0.3) is 5.91 Å². The van der Waals surface area contributed by atoms with E-state index >= 15 is 0 Å². The van der Waals surface area contributed by atoms with E-state index in [1.54, 1.807) is 66.7 Å². The molecule has 2 unspecified atom stereocenters. The largest absolute Gasteiger partial charge is 0.481 e. The lowest BCUT2D eigenvalue weighted by atomic mass is 10.1. The molecule has 32 heavy (non-hydrogen) atoms. The molecule has 0 radical (unpaired) electrons. The van der Waals surface area contributed by atoms with Crippen LogP contribution < -0.4 is 16.4 Å². The minimum atomic E-state index is -1.68. The van der Waals surface area contributed by atoms with Crippen LogP contribution in [0.25, 0.3) is 0 Å². The van der Waals surface area contributed by atoms with Crippen molar-refractivity contribution in [3.8, 4) is 0 Å². The third-order valence-electron chi connectivity index (χ3n) is 4.54. The molecule has 3 aromatic carbocycles. The van der Waals surface area contributed by atoms with Crippen LogP contribution in [0.2, 0.25) is 0 Å². The van der Waals surface area contributed by atoms with Crippen molar-refractivity contribution in [2.75, 3.05) is 10.6 Å². The molecule has 2 atom stereocenters. The molecule has 0 aromatic heterocycles. The molecule has 3 rings (SSSR count). The number of benzene rings is 3. The first-order valence-electron chi connectivity index (χ1n) is 9.59. The van der Waals surface area contributed by atoms with Crippen molar-refractivity contribution in [1.82, 2.24) is 0 Å². The number of carboxylic acids is 1. The highest BCUT2D eigenvalue weighted by Crippen LogP contribution is 2.30. The zero-order valence-corrected chi connectivity index (χ0v) is 17.7. The zero-order valence-electron chi connectivity index (χ0n) is 16.9. The third-order valence-corrected chi connectivity index (χ3v) is 6.22. The number of primary amides is 1. The first-order valence-corrected chi connectivity index (χ1v) is 10.8. The third kappa shape index (κ3) is 5.79. The lowest BCUT2D eigenvalue weighted by Gasteiger charge is -2.16. The van der Waals surface area contributed by atoms with Gasteiger partial charge in [-0.3, -0.25) is 13.8 Å². The van der Waals surface area contributed by atoms with Crippen molar-refractivity contribution >= 4 is 40.1 Å². The lowest BCUT2D eigenvalue weighted by Crippen LogP contribution is -2.22. The van der Waals surface area contributed by atoms with E-state index in [2.05, 4.69) is 10.6 Å². The second-order valence-corrected chi connectivity index (χ2v) is 8.45. The van der Waals surface area contributed by atoms with Crippen LogP contribution in [0.15, 0.2) is 83.8 Å². The number of carboxylic acid groups (broad SMARTS) is 1. The number of hydrogen-bond donors (Lipinski definition) is 4. The van der Waals surface area contributed by atoms with Crippen LogP contribution in [0.4, 0.5) is 16.2 Å². The second-order valence-electron chi connectivity index (χ2n) is 6.81. The van der Waals surface area contributed by atoms with Gasteiger partial charge in [-0.1, -0.05) is 48.5 Å². The summed E-state index contributed by atoms with van der Waals surface area (Å²) in [6.07, 6.45) is -0.306. The van der Waals surface area contributed by atoms with Gasteiger partial charge in [-0.15, -0.1) is 0 Å². The molecule has 3 amide bonds. The minimum absolute atomic E-state index is 0.200. The van der Waals surface area contributed by atoms with Gasteiger partial charge in [0.15, 0.2) is 0 Å². The Labute approximate surface area is 186 Å². The molecule has 164 valence electrons. The summed E-state index contributed by atoms with van der Waals surface area (Å²) >= 11 is 0. The van der Waals surface area contributed by atoms with E-state index in [0.717, 1.165) is 0 Å². The van der Waals surface area contributed by atoms with Crippen LogP contribution in [0.1, 0.15) is 27.6 Å². The molecule has 3 aromatic rings. The summed E-state index contributed by atoms with van der Waals surface area (Å²) in [6.45, 7) is 0. The zero-order chi connectivity index (χ0) is 23.1. The number of anilines is 2. The summed E-state index contributed by atoms with van der Waals surface area (Å²) in [6, 6.07) is 20.8. The van der Waals surface area contributed by atoms with Crippen molar-refractivity contribution in [3.05, 3.63) is 90.0 Å². The van der Waals surface area contributed by atoms with Crippen LogP contribution in [-0.2, 0) is 15.6 Å². The van der Waals surface area contributed by atoms with E-state index < -0.39 is 34.0 Å². The molecule has 0 spiro atoms. The Morgan fingerprint density at radius 3 is 2.28 bits per heavy atom. The van der Waals surface area contributed by atoms with Gasteiger partial charge in [0, 0.05) is 10.6 Å². The van der Waals surface area contributed by atoms with Crippen LogP contribution in [0.3, 0.4) is 0 Å². The van der Waals surface area contributed by atoms with E-state index in [-0.39, 0.29) is 17.7 Å². The van der Waals surface area contributed by atoms with Crippen molar-refractivity contribution in [3.63, 3.8) is 0 Å². The number of carbonyl (C=O) groups excluding carboxylic acids is 2. The number of hydrogen-bond acceptors (Lipinski definition) is 4. The number of nitrogens with two attached hydrogens (primary N) is 1. The fourth-order valence-corrected chi connectivity index (χ4v) is 4.61. The Bertz CT molecular complexity index is 1170. The van der Waals surface area contributed by atoms with Gasteiger partial charge in [0.2, 0.25) is 0 Å². The van der Waals surface area contributed by atoms with Crippen molar-refractivity contribution in [2.45, 2.75) is 16.6 Å². The molecular formula is C23H21N3O5S. The Morgan fingerprint density at radius 1 is 0.906 bits per heavy atom. The van der Waals surface area contributed by atoms with Crippen LogP contribution >= 0.6 is 0 Å². The van der Waals surface area contributed by atoms with E-state index in [4.69, 9.17) is 5.73 Å². The lowest BCUT2D eigenvalue weighted by molar-refractivity contribution is -0.137. The number of carbonyl (C=O) groups is 3. The highest BCUT2D eigenvalue weighted by Gasteiger charge is 2.24. The molecule has 0 aliphatic heterocycles. The quantitative estimate of drug-likeness (QED) is 0.413. The van der Waals surface area contributed by atoms with Gasteiger partial charge in [-0.2, -0.15) is 0 Å². The van der Waals surface area contributed by atoms with Crippen molar-refractivity contribution < 1.29 is 23.7 Å². The average molecular weight is 452 g/mol. The fourth-order valence-electron chi connectivity index (χ4n) is 3.13. The van der Waals surface area contributed by atoms with Crippen LogP contribution in [0.5, 0.6) is 0 Å². The van der Waals surface area contributed by atoms with E-state index in [9.17, 15) is 23.7 Å². The van der Waals surface area contributed by atoms with Gasteiger partial charge in [0.1, 0.15) is 0 Å². The maximum Gasteiger partial charge on any atom is 0.316 e. The molecule has 0 bridgehead atoms. The van der Waals surface area contributed by atoms with Gasteiger partial charge < -0.3 is 21.5 Å². The molecule has 0 saturated carbocycles. The summed E-state index contributed by atoms with van der Waals surface area (Å²) < 4.78 is 13.2. The molecular weight excluding hydrogens is 430 g/mol. The van der Waals surface area contributed by atoms with E-state index in [1.165, 1.54) is 12.1 Å². The number of rotatable bonds is 8. The maximum absolute atomic E-state index is 13.2. The summed E-state index contributed by atoms with van der Waals surface area (Å²) in [4.78, 5) is 35.7. The maximum atomic E-state index is 13.2. The summed E-state index contributed by atoms with van der Waals surface area (Å²) in [5.74, 6) is -1.56. The molecule has 0 aliphatic rings. The molecule has 0 aliphatic carbocycles. The topological polar surface area (TPSA) is 139 Å². The second kappa shape index (κ2) is 10.4. The standard InChI is InChI=1S/C23H21N3O5S/c24-23(30)26-19-12-5-4-11-18(19)22(29)25-16-9-6-10-17(13-16)32(31)20(14-21(27)28)15-7-2-1-3-8-15/h1-13,20H,14H2,(H,25,29)(H,27,28)(H3,24,26,30). The Kier molecular flexibility index (Phi) is 7.35. The van der Waals surface area contributed by atoms with Crippen LogP contribution in [-0.4, -0.2) is 27.2 Å². The first-order chi connectivity index (χ1) is 15.3. The van der Waals surface area contributed by atoms with Gasteiger partial charge in [-0.25, -0.2) is 4.79 Å².